The second kappa shape index (κ2) is 64.6. The van der Waals surface area contributed by atoms with E-state index in [4.69, 9.17) is 91.7 Å². The minimum absolute atomic E-state index is 0.0412. The number of carbonyl (C=O) groups is 9. The lowest BCUT2D eigenvalue weighted by Gasteiger charge is -2.28. The number of halogens is 3. The second-order valence-electron chi connectivity index (χ2n) is 36.9. The van der Waals surface area contributed by atoms with Crippen molar-refractivity contribution in [3.8, 4) is 54.3 Å². The number of unbranched alkanes of at least 4 members (excludes halogenated alkanes) is 3. The monoisotopic (exact) mass is 2320 g/mol. The summed E-state index contributed by atoms with van der Waals surface area (Å²) in [4.78, 5) is 109. The number of ether oxygens (including phenoxy) is 9. The average Bonchev–Trinajstić information content (AvgIpc) is 1.59. The lowest BCUT2D eigenvalue weighted by molar-refractivity contribution is -0.146. The normalized spacial score (nSPS) is 17.4. The molecule has 780 valence electrons. The number of hydrogen-bond acceptors (Lipinski definition) is 24. The van der Waals surface area contributed by atoms with E-state index in [1.807, 2.05) is 75.6 Å². The minimum atomic E-state index is -0.323. The number of allylic oxidation sites excluding steroid dienone is 18. The van der Waals surface area contributed by atoms with Crippen molar-refractivity contribution in [2.24, 2.45) is 65.6 Å². The molecule has 0 amide bonds. The number of esters is 6. The topological polar surface area (TPSA) is 422 Å². The molecule has 3 aromatic heterocycles. The Morgan fingerprint density at radius 3 is 0.924 bits per heavy atom. The van der Waals surface area contributed by atoms with Gasteiger partial charge in [0.1, 0.15) is 67.3 Å². The summed E-state index contributed by atoms with van der Waals surface area (Å²) in [5.41, 5.74) is 40.0. The minimum Gasteiger partial charge on any atom is -0.493 e. The molecule has 3 aromatic rings. The largest absolute Gasteiger partial charge is 0.493 e. The molecule has 9 aliphatic carbocycles. The van der Waals surface area contributed by atoms with Crippen LogP contribution in [0.25, 0.3) is 31.3 Å². The van der Waals surface area contributed by atoms with Crippen LogP contribution in [0, 0.1) is 87.3 Å². The van der Waals surface area contributed by atoms with E-state index in [0.29, 0.717) is 102 Å². The molecule has 12 rings (SSSR count). The summed E-state index contributed by atoms with van der Waals surface area (Å²) in [5.74, 6) is 12.3. The van der Waals surface area contributed by atoms with E-state index >= 15 is 0 Å². The van der Waals surface area contributed by atoms with Gasteiger partial charge in [0, 0.05) is 148 Å². The maximum Gasteiger partial charge on any atom is 0.317 e. The molecule has 30 nitrogen and oxygen atoms in total. The van der Waals surface area contributed by atoms with Gasteiger partial charge < -0.3 is 55.9 Å². The van der Waals surface area contributed by atoms with E-state index in [1.165, 1.54) is 66.9 Å². The molecule has 3 saturated carbocycles. The van der Waals surface area contributed by atoms with Gasteiger partial charge in [0.2, 0.25) is 0 Å². The Kier molecular flexibility index (Phi) is 56.1. The fourth-order valence-electron chi connectivity index (χ4n) is 16.8. The second-order valence-corrected chi connectivity index (χ2v) is 39.1. The Morgan fingerprint density at radius 2 is 0.625 bits per heavy atom. The molecule has 0 aromatic carbocycles. The molecule has 0 radical (unpaired) electrons. The smallest absolute Gasteiger partial charge is 0.317 e. The number of rotatable bonds is 45. The molecule has 0 saturated heterocycles. The van der Waals surface area contributed by atoms with Gasteiger partial charge in [0.25, 0.3) is 0 Å². The third-order valence-electron chi connectivity index (χ3n) is 28.1. The molecule has 3 atom stereocenters. The zero-order chi connectivity index (χ0) is 107. The summed E-state index contributed by atoms with van der Waals surface area (Å²) in [6.07, 6.45) is 59.0. The quantitative estimate of drug-likeness (QED) is 0.00583. The van der Waals surface area contributed by atoms with Gasteiger partial charge in [-0.3, -0.25) is 43.2 Å². The number of azide groups is 3. The van der Waals surface area contributed by atoms with Crippen LogP contribution in [0.3, 0.4) is 0 Å². The molecular weight excluding hydrogens is 2180 g/mol. The fraction of sp³-hybridized carbons (Fsp3) is 0.541. The molecular formula is C111H144I3N9O21. The highest BCUT2D eigenvalue weighted by Gasteiger charge is 2.54. The van der Waals surface area contributed by atoms with E-state index in [2.05, 4.69) is 223 Å². The molecule has 3 fully saturated rings. The number of Topliss-reactive ketones (excluding diaryl/α,β-unsaturated/α-hetero) is 3. The Hall–Kier alpha value is -11.3. The van der Waals surface area contributed by atoms with Crippen molar-refractivity contribution in [1.82, 2.24) is 0 Å². The number of methoxy groups -OCH3 is 3. The first-order valence-corrected chi connectivity index (χ1v) is 52.7. The Balaban J connectivity index is 0.000000338. The molecule has 9 aliphatic rings. The summed E-state index contributed by atoms with van der Waals surface area (Å²) in [7, 11) is 4.85. The zero-order valence-corrected chi connectivity index (χ0v) is 93.4. The van der Waals surface area contributed by atoms with E-state index < -0.39 is 0 Å². The third-order valence-corrected chi connectivity index (χ3v) is 30.2. The number of aryl methyl sites for hydroxylation is 3. The highest BCUT2D eigenvalue weighted by molar-refractivity contribution is 14.1. The first kappa shape index (κ1) is 125. The number of nitrogens with zero attached hydrogens (tertiary/aromatic N) is 9. The van der Waals surface area contributed by atoms with Crippen molar-refractivity contribution >= 4 is 121 Å². The van der Waals surface area contributed by atoms with E-state index in [9.17, 15) is 43.2 Å². The van der Waals surface area contributed by atoms with Crippen LogP contribution in [-0.4, -0.2) is 147 Å². The lowest BCUT2D eigenvalue weighted by atomic mass is 9.80. The van der Waals surface area contributed by atoms with Crippen LogP contribution >= 0.6 is 67.8 Å². The van der Waals surface area contributed by atoms with Crippen LogP contribution in [0.4, 0.5) is 0 Å². The molecule has 33 heteroatoms. The molecule has 0 aliphatic heterocycles. The van der Waals surface area contributed by atoms with Gasteiger partial charge >= 0.3 is 35.8 Å². The highest BCUT2D eigenvalue weighted by Crippen LogP contribution is 2.59. The van der Waals surface area contributed by atoms with Gasteiger partial charge in [-0.05, 0) is 212 Å². The van der Waals surface area contributed by atoms with Crippen LogP contribution < -0.4 is 14.2 Å². The summed E-state index contributed by atoms with van der Waals surface area (Å²) in [6, 6.07) is 5.38. The summed E-state index contributed by atoms with van der Waals surface area (Å²) in [5, 5.41) is 9.94. The van der Waals surface area contributed by atoms with E-state index in [0.717, 1.165) is 112 Å². The first-order chi connectivity index (χ1) is 68.6. The average molecular weight is 2320 g/mol. The predicted molar refractivity (Wildman–Crippen MR) is 583 cm³/mol. The van der Waals surface area contributed by atoms with Crippen molar-refractivity contribution in [1.29, 1.82) is 0 Å². The lowest BCUT2D eigenvalue weighted by Crippen LogP contribution is -2.26. The van der Waals surface area contributed by atoms with Gasteiger partial charge in [0.15, 0.2) is 17.2 Å². The van der Waals surface area contributed by atoms with Crippen LogP contribution in [0.1, 0.15) is 237 Å². The fourth-order valence-corrected chi connectivity index (χ4v) is 17.7. The zero-order valence-electron chi connectivity index (χ0n) is 86.9. The highest BCUT2D eigenvalue weighted by atomic mass is 127. The summed E-state index contributed by atoms with van der Waals surface area (Å²) < 4.78 is 63.8. The van der Waals surface area contributed by atoms with Gasteiger partial charge in [-0.15, -0.1) is 19.3 Å². The Morgan fingerprint density at radius 1 is 0.361 bits per heavy atom. The van der Waals surface area contributed by atoms with Crippen LogP contribution in [0.15, 0.2) is 205 Å². The molecule has 3 heterocycles. The Labute approximate surface area is 890 Å². The van der Waals surface area contributed by atoms with Crippen LogP contribution in [0.5, 0.6) is 17.2 Å². The number of ketones is 3. The van der Waals surface area contributed by atoms with Crippen molar-refractivity contribution in [2.45, 2.75) is 239 Å². The van der Waals surface area contributed by atoms with Crippen molar-refractivity contribution < 1.29 is 99.0 Å². The maximum atomic E-state index is 11.6. The van der Waals surface area contributed by atoms with Crippen LogP contribution in [0.2, 0.25) is 0 Å². The van der Waals surface area contributed by atoms with Gasteiger partial charge in [-0.1, -0.05) is 207 Å². The number of furan rings is 3. The van der Waals surface area contributed by atoms with Gasteiger partial charge in [-0.25, -0.2) is 0 Å². The molecule has 144 heavy (non-hydrogen) atoms. The number of alkyl halides is 3. The number of carbonyl (C=O) groups excluding carboxylic acids is 9. The summed E-state index contributed by atoms with van der Waals surface area (Å²) in [6.45, 7) is 35.0. The number of terminal acetylenes is 3. The maximum absolute atomic E-state index is 11.6. The van der Waals surface area contributed by atoms with Crippen molar-refractivity contribution in [3.63, 3.8) is 0 Å². The Bertz CT molecular complexity index is 5470. The van der Waals surface area contributed by atoms with Gasteiger partial charge in [0.05, 0.1) is 92.5 Å². The van der Waals surface area contributed by atoms with E-state index in [1.54, 1.807) is 52.3 Å². The summed E-state index contributed by atoms with van der Waals surface area (Å²) >= 11 is 6.14. The standard InChI is InChI=1S/C15H20O2.C14H21N3O2.C13H19IO2.C13H16O3.C12H17N3O3.C12H12O2.C11H15IO3.C11H13N3O2.C10H11IO2/c1-7-8-14(16)17-9-15(6)12(4)10(2)11(3)13(15)5;1-9-10(2)12(4)14(5,11(9)3)8-19-13(18)6-7-16-17-15;1-8-9(2)11(4)13(5,10(8)3)7-16-12(15)6-14;1-3-6-11(14)7-4-5-8-13-12(15-2)9-10-16-13;1-17-11-7-9-18-12(11)5-3-2-4-10(16)6-8-14-15-13;1-2-5-11(13)14-9-10-8-12(10)6-3-4-7-12;1-14-10-6-7-15-11(10)5-3-2-4-9(13)8-12;12-14-13-6-3-10(15)16-8-9-7-11(9)4-1-2-5-11;11-6-9(12)13-7-8-5-10(8)3-1-2-4-10/h1H,8-9H2,2-6H3;6-8H2,1-5H3;6-7H2,1-5H3;1,9-10H,4-8H2,2H3;7,9H,2-6,8H2,1H3;1,3-4,6-7,10H,5,8-9H2;6-7H,2-5,8H2,1H3;1-2,4-5,9H,3,6-8H2;1-4,8H,5-7H2. The SMILES string of the molecule is C#CCC(=O)CCCCc1occc1OC.C#CCC(=O)OCC1(C)C(C)=C(C)C(C)=C1C.C#CCC(=O)OCC1CC12C=CC=C2.CC1=C(C)C(C)(COC(=O)CCN=[N+]=[N-])C(C)=C1C.CC1=C(C)C(C)(COC(=O)CI)C(C)=C1C.COc1ccoc1CCCCC(=O)CCN=[N+]=[N-].COc1ccoc1CCCCC(=O)CI.O=C(CI)OCC1CC12C=CC=C2.[N-]=[N+]=NCCC(=O)OCC1CC12C=CC=C2. The first-order valence-electron chi connectivity index (χ1n) is 48.2. The van der Waals surface area contributed by atoms with Crippen LogP contribution in [-0.2, 0) is 90.8 Å². The van der Waals surface area contributed by atoms with Crippen molar-refractivity contribution in [3.05, 3.63) is 225 Å². The van der Waals surface area contributed by atoms with E-state index in [-0.39, 0.29) is 132 Å². The van der Waals surface area contributed by atoms with Gasteiger partial charge in [-0.2, -0.15) is 0 Å². The molecule has 0 N–H and O–H groups in total. The number of hydrogen-bond donors (Lipinski definition) is 0. The predicted octanol–water partition coefficient (Wildman–Crippen LogP) is 25.8. The molecule has 0 bridgehead atoms. The van der Waals surface area contributed by atoms with Crippen molar-refractivity contribution in [2.75, 3.05) is 93.9 Å². The molecule has 3 spiro atoms. The molecule has 3 unspecified atom stereocenters. The third kappa shape index (κ3) is 39.9.